The third-order valence-electron chi connectivity index (χ3n) is 3.65. The predicted octanol–water partition coefficient (Wildman–Crippen LogP) is 2.78. The number of para-hydroxylation sites is 2. The average molecular weight is 290 g/mol. The van der Waals surface area contributed by atoms with Crippen LogP contribution in [0.3, 0.4) is 0 Å². The van der Waals surface area contributed by atoms with Gasteiger partial charge in [-0.1, -0.05) is 26.0 Å². The van der Waals surface area contributed by atoms with Gasteiger partial charge in [-0.25, -0.2) is 0 Å². The molecule has 0 unspecified atom stereocenters. The van der Waals surface area contributed by atoms with Crippen molar-refractivity contribution in [2.75, 3.05) is 31.1 Å². The normalized spacial score (nSPS) is 15.7. The van der Waals surface area contributed by atoms with Crippen molar-refractivity contribution in [1.82, 2.24) is 4.90 Å². The van der Waals surface area contributed by atoms with Crippen LogP contribution in [-0.4, -0.2) is 43.1 Å². The second-order valence-electron chi connectivity index (χ2n) is 6.10. The second-order valence-corrected chi connectivity index (χ2v) is 6.10. The number of rotatable bonds is 4. The molecule has 1 fully saturated rings. The highest BCUT2D eigenvalue weighted by Gasteiger charge is 2.24. The summed E-state index contributed by atoms with van der Waals surface area (Å²) >= 11 is 0. The zero-order chi connectivity index (χ0) is 15.4. The zero-order valence-corrected chi connectivity index (χ0v) is 13.5. The van der Waals surface area contributed by atoms with Crippen LogP contribution < -0.4 is 9.64 Å². The molecule has 1 aromatic rings. The SMILES string of the molecule is CC(C)Oc1ccccc1N1CCN(C(=O)C(C)C)CC1. The minimum atomic E-state index is 0.0770. The van der Waals surface area contributed by atoms with Crippen molar-refractivity contribution in [1.29, 1.82) is 0 Å². The van der Waals surface area contributed by atoms with Crippen molar-refractivity contribution in [3.63, 3.8) is 0 Å². The average Bonchev–Trinajstić information content (AvgIpc) is 2.46. The molecule has 0 N–H and O–H groups in total. The Kier molecular flexibility index (Phi) is 5.10. The minimum Gasteiger partial charge on any atom is -0.489 e. The van der Waals surface area contributed by atoms with Crippen molar-refractivity contribution in [2.24, 2.45) is 5.92 Å². The molecule has 0 aliphatic carbocycles. The fraction of sp³-hybridized carbons (Fsp3) is 0.588. The summed E-state index contributed by atoms with van der Waals surface area (Å²) < 4.78 is 5.89. The Morgan fingerprint density at radius 1 is 1.05 bits per heavy atom. The second kappa shape index (κ2) is 6.83. The molecular weight excluding hydrogens is 264 g/mol. The highest BCUT2D eigenvalue weighted by molar-refractivity contribution is 5.78. The lowest BCUT2D eigenvalue weighted by atomic mass is 10.1. The van der Waals surface area contributed by atoms with E-state index in [0.717, 1.165) is 37.6 Å². The number of hydrogen-bond acceptors (Lipinski definition) is 3. The first-order valence-electron chi connectivity index (χ1n) is 7.78. The predicted molar refractivity (Wildman–Crippen MR) is 85.8 cm³/mol. The number of anilines is 1. The number of carbonyl (C=O) groups excluding carboxylic acids is 1. The van der Waals surface area contributed by atoms with Gasteiger partial charge in [0.2, 0.25) is 5.91 Å². The summed E-state index contributed by atoms with van der Waals surface area (Å²) in [5.74, 6) is 1.26. The van der Waals surface area contributed by atoms with Crippen LogP contribution in [0.1, 0.15) is 27.7 Å². The first kappa shape index (κ1) is 15.7. The Morgan fingerprint density at radius 3 is 2.24 bits per heavy atom. The van der Waals surface area contributed by atoms with E-state index < -0.39 is 0 Å². The Morgan fingerprint density at radius 2 is 1.67 bits per heavy atom. The number of piperazine rings is 1. The lowest BCUT2D eigenvalue weighted by molar-refractivity contribution is -0.134. The molecule has 21 heavy (non-hydrogen) atoms. The van der Waals surface area contributed by atoms with Crippen molar-refractivity contribution in [3.05, 3.63) is 24.3 Å². The van der Waals surface area contributed by atoms with E-state index in [-0.39, 0.29) is 17.9 Å². The van der Waals surface area contributed by atoms with E-state index in [4.69, 9.17) is 4.74 Å². The molecule has 2 rings (SSSR count). The smallest absolute Gasteiger partial charge is 0.225 e. The monoisotopic (exact) mass is 290 g/mol. The van der Waals surface area contributed by atoms with Crippen LogP contribution in [0.2, 0.25) is 0 Å². The van der Waals surface area contributed by atoms with Crippen molar-refractivity contribution < 1.29 is 9.53 Å². The molecule has 1 aliphatic rings. The van der Waals surface area contributed by atoms with Crippen LogP contribution >= 0.6 is 0 Å². The van der Waals surface area contributed by atoms with Crippen molar-refractivity contribution in [2.45, 2.75) is 33.8 Å². The summed E-state index contributed by atoms with van der Waals surface area (Å²) in [5.41, 5.74) is 1.13. The van der Waals surface area contributed by atoms with Gasteiger partial charge in [0.15, 0.2) is 0 Å². The number of benzene rings is 1. The first-order chi connectivity index (χ1) is 9.99. The molecule has 0 aromatic heterocycles. The molecule has 1 aromatic carbocycles. The molecule has 0 radical (unpaired) electrons. The summed E-state index contributed by atoms with van der Waals surface area (Å²) in [4.78, 5) is 16.3. The van der Waals surface area contributed by atoms with E-state index >= 15 is 0 Å². The molecule has 4 heteroatoms. The molecule has 0 spiro atoms. The van der Waals surface area contributed by atoms with Crippen LogP contribution in [0.15, 0.2) is 24.3 Å². The molecule has 0 bridgehead atoms. The fourth-order valence-electron chi connectivity index (χ4n) is 2.60. The van der Waals surface area contributed by atoms with Gasteiger partial charge < -0.3 is 14.5 Å². The Hall–Kier alpha value is -1.71. The van der Waals surface area contributed by atoms with Crippen LogP contribution in [0, 0.1) is 5.92 Å². The van der Waals surface area contributed by atoms with Gasteiger partial charge in [-0.05, 0) is 26.0 Å². The van der Waals surface area contributed by atoms with Crippen molar-refractivity contribution >= 4 is 11.6 Å². The highest BCUT2D eigenvalue weighted by atomic mass is 16.5. The van der Waals surface area contributed by atoms with Gasteiger partial charge in [0.1, 0.15) is 5.75 Å². The molecule has 1 heterocycles. The van der Waals surface area contributed by atoms with Crippen molar-refractivity contribution in [3.8, 4) is 5.75 Å². The summed E-state index contributed by atoms with van der Waals surface area (Å²) in [6, 6.07) is 8.15. The van der Waals surface area contributed by atoms with Gasteiger partial charge >= 0.3 is 0 Å². The molecule has 0 saturated carbocycles. The van der Waals surface area contributed by atoms with E-state index in [2.05, 4.69) is 11.0 Å². The molecule has 1 aliphatic heterocycles. The number of nitrogens with zero attached hydrogens (tertiary/aromatic N) is 2. The van der Waals surface area contributed by atoms with E-state index in [1.807, 2.05) is 50.8 Å². The maximum absolute atomic E-state index is 12.0. The molecule has 4 nitrogen and oxygen atoms in total. The lowest BCUT2D eigenvalue weighted by Gasteiger charge is -2.37. The Bertz CT molecular complexity index is 477. The number of hydrogen-bond donors (Lipinski definition) is 0. The van der Waals surface area contributed by atoms with Crippen LogP contribution in [0.4, 0.5) is 5.69 Å². The van der Waals surface area contributed by atoms with Gasteiger partial charge in [-0.2, -0.15) is 0 Å². The quantitative estimate of drug-likeness (QED) is 0.855. The van der Waals surface area contributed by atoms with E-state index in [0.29, 0.717) is 0 Å². The number of ether oxygens (including phenoxy) is 1. The van der Waals surface area contributed by atoms with Crippen LogP contribution in [0.25, 0.3) is 0 Å². The minimum absolute atomic E-state index is 0.0770. The number of carbonyl (C=O) groups is 1. The van der Waals surface area contributed by atoms with Gasteiger partial charge in [0, 0.05) is 32.1 Å². The van der Waals surface area contributed by atoms with Crippen LogP contribution in [0.5, 0.6) is 5.75 Å². The lowest BCUT2D eigenvalue weighted by Crippen LogP contribution is -2.50. The summed E-state index contributed by atoms with van der Waals surface area (Å²) in [6.07, 6.45) is 0.162. The van der Waals surface area contributed by atoms with E-state index in [9.17, 15) is 4.79 Å². The maximum atomic E-state index is 12.0. The summed E-state index contributed by atoms with van der Waals surface area (Å²) in [6.45, 7) is 11.3. The highest BCUT2D eigenvalue weighted by Crippen LogP contribution is 2.29. The molecule has 1 amide bonds. The molecular formula is C17H26N2O2. The maximum Gasteiger partial charge on any atom is 0.225 e. The Balaban J connectivity index is 2.04. The standard InChI is InChI=1S/C17H26N2O2/c1-13(2)17(20)19-11-9-18(10-12-19)15-7-5-6-8-16(15)21-14(3)4/h5-8,13-14H,9-12H2,1-4H3. The molecule has 0 atom stereocenters. The Labute approximate surface area is 127 Å². The van der Waals surface area contributed by atoms with Gasteiger partial charge in [0.05, 0.1) is 11.8 Å². The first-order valence-corrected chi connectivity index (χ1v) is 7.78. The van der Waals surface area contributed by atoms with E-state index in [1.165, 1.54) is 0 Å². The summed E-state index contributed by atoms with van der Waals surface area (Å²) in [5, 5.41) is 0. The van der Waals surface area contributed by atoms with Gasteiger partial charge in [0.25, 0.3) is 0 Å². The van der Waals surface area contributed by atoms with E-state index in [1.54, 1.807) is 0 Å². The van der Waals surface area contributed by atoms with Gasteiger partial charge in [-0.15, -0.1) is 0 Å². The fourth-order valence-corrected chi connectivity index (χ4v) is 2.60. The summed E-state index contributed by atoms with van der Waals surface area (Å²) in [7, 11) is 0. The zero-order valence-electron chi connectivity index (χ0n) is 13.5. The largest absolute Gasteiger partial charge is 0.489 e. The topological polar surface area (TPSA) is 32.8 Å². The van der Waals surface area contributed by atoms with Crippen LogP contribution in [-0.2, 0) is 4.79 Å². The number of amides is 1. The van der Waals surface area contributed by atoms with Gasteiger partial charge in [-0.3, -0.25) is 4.79 Å². The molecule has 1 saturated heterocycles. The molecule has 116 valence electrons. The third kappa shape index (κ3) is 3.90. The third-order valence-corrected chi connectivity index (χ3v) is 3.65.